The monoisotopic (exact) mass is 280 g/mol. The predicted molar refractivity (Wildman–Crippen MR) is 81.8 cm³/mol. The lowest BCUT2D eigenvalue weighted by molar-refractivity contribution is 0.105. The topological polar surface area (TPSA) is 30.2 Å². The van der Waals surface area contributed by atoms with Gasteiger partial charge in [0.2, 0.25) is 0 Å². The fourth-order valence-electron chi connectivity index (χ4n) is 1.86. The number of thiophene rings is 1. The zero-order chi connectivity index (χ0) is 13.8. The number of hydrogen-bond donors (Lipinski definition) is 0. The Balaban J connectivity index is 1.76. The van der Waals surface area contributed by atoms with Crippen molar-refractivity contribution in [2.24, 2.45) is 0 Å². The van der Waals surface area contributed by atoms with Crippen LogP contribution in [0.4, 0.5) is 0 Å². The van der Waals surface area contributed by atoms with Gasteiger partial charge in [-0.2, -0.15) is 0 Å². The van der Waals surface area contributed by atoms with Crippen LogP contribution in [0.2, 0.25) is 0 Å². The van der Waals surface area contributed by atoms with E-state index in [2.05, 4.69) is 0 Å². The van der Waals surface area contributed by atoms with Crippen molar-refractivity contribution in [3.63, 3.8) is 0 Å². The third kappa shape index (κ3) is 2.78. The first kappa shape index (κ1) is 12.6. The third-order valence-corrected chi connectivity index (χ3v) is 3.73. The molecule has 0 aliphatic carbocycles. The Labute approximate surface area is 121 Å². The summed E-state index contributed by atoms with van der Waals surface area (Å²) in [4.78, 5) is 12.6. The fourth-order valence-corrected chi connectivity index (χ4v) is 2.50. The van der Waals surface area contributed by atoms with Gasteiger partial charge in [0.1, 0.15) is 11.5 Å². The van der Waals surface area contributed by atoms with Crippen molar-refractivity contribution in [3.8, 4) is 11.3 Å². The highest BCUT2D eigenvalue weighted by molar-refractivity contribution is 7.12. The highest BCUT2D eigenvalue weighted by Crippen LogP contribution is 2.22. The number of ketones is 1. The Hall–Kier alpha value is -2.39. The minimum Gasteiger partial charge on any atom is -0.457 e. The Morgan fingerprint density at radius 1 is 1.00 bits per heavy atom. The van der Waals surface area contributed by atoms with Gasteiger partial charge in [-0.1, -0.05) is 36.4 Å². The van der Waals surface area contributed by atoms with E-state index in [9.17, 15) is 4.79 Å². The van der Waals surface area contributed by atoms with Gasteiger partial charge in [0.05, 0.1) is 4.88 Å². The van der Waals surface area contributed by atoms with Crippen LogP contribution in [0.5, 0.6) is 0 Å². The molecule has 3 heteroatoms. The summed E-state index contributed by atoms with van der Waals surface area (Å²) in [6.07, 6.45) is 3.24. The first-order chi connectivity index (χ1) is 9.83. The zero-order valence-electron chi connectivity index (χ0n) is 10.7. The van der Waals surface area contributed by atoms with Gasteiger partial charge < -0.3 is 4.42 Å². The van der Waals surface area contributed by atoms with Crippen LogP contribution in [-0.4, -0.2) is 5.78 Å². The van der Waals surface area contributed by atoms with E-state index in [-0.39, 0.29) is 5.78 Å². The second kappa shape index (κ2) is 5.72. The predicted octanol–water partition coefficient (Wildman–Crippen LogP) is 4.90. The van der Waals surface area contributed by atoms with Gasteiger partial charge in [-0.15, -0.1) is 11.3 Å². The number of allylic oxidation sites excluding steroid dienone is 1. The SMILES string of the molecule is O=C(C=Cc1ccc(-c2ccccc2)o1)c1cccs1. The van der Waals surface area contributed by atoms with Crippen LogP contribution in [0.3, 0.4) is 0 Å². The van der Waals surface area contributed by atoms with Gasteiger partial charge in [-0.05, 0) is 35.7 Å². The lowest BCUT2D eigenvalue weighted by Crippen LogP contribution is -1.87. The lowest BCUT2D eigenvalue weighted by Gasteiger charge is -1.94. The van der Waals surface area contributed by atoms with Gasteiger partial charge in [-0.25, -0.2) is 0 Å². The first-order valence-corrected chi connectivity index (χ1v) is 7.12. The third-order valence-electron chi connectivity index (χ3n) is 2.85. The van der Waals surface area contributed by atoms with E-state index in [0.717, 1.165) is 16.2 Å². The molecular weight excluding hydrogens is 268 g/mol. The van der Waals surface area contributed by atoms with E-state index in [1.54, 1.807) is 12.2 Å². The summed E-state index contributed by atoms with van der Waals surface area (Å²) >= 11 is 1.44. The van der Waals surface area contributed by atoms with Crippen molar-refractivity contribution in [2.45, 2.75) is 0 Å². The molecule has 98 valence electrons. The highest BCUT2D eigenvalue weighted by Gasteiger charge is 2.04. The highest BCUT2D eigenvalue weighted by atomic mass is 32.1. The van der Waals surface area contributed by atoms with E-state index in [0.29, 0.717) is 5.76 Å². The summed E-state index contributed by atoms with van der Waals surface area (Å²) in [7, 11) is 0. The maximum Gasteiger partial charge on any atom is 0.195 e. The number of rotatable bonds is 4. The molecule has 0 N–H and O–H groups in total. The average molecular weight is 280 g/mol. The minimum atomic E-state index is -0.00217. The van der Waals surface area contributed by atoms with Crippen molar-refractivity contribution in [2.75, 3.05) is 0 Å². The molecule has 3 aromatic rings. The fraction of sp³-hybridized carbons (Fsp3) is 0. The Morgan fingerprint density at radius 3 is 2.60 bits per heavy atom. The molecule has 2 heterocycles. The summed E-state index contributed by atoms with van der Waals surface area (Å²) in [6.45, 7) is 0. The molecule has 0 atom stereocenters. The van der Waals surface area contributed by atoms with Crippen LogP contribution in [0.15, 0.2) is 70.5 Å². The number of carbonyl (C=O) groups excluding carboxylic acids is 1. The Morgan fingerprint density at radius 2 is 1.85 bits per heavy atom. The summed E-state index contributed by atoms with van der Waals surface area (Å²) in [5.41, 5.74) is 1.02. The Kier molecular flexibility index (Phi) is 3.61. The second-order valence-electron chi connectivity index (χ2n) is 4.24. The molecule has 0 spiro atoms. The van der Waals surface area contributed by atoms with Crippen LogP contribution < -0.4 is 0 Å². The van der Waals surface area contributed by atoms with Crippen LogP contribution >= 0.6 is 11.3 Å². The normalized spacial score (nSPS) is 11.0. The largest absolute Gasteiger partial charge is 0.457 e. The number of hydrogen-bond acceptors (Lipinski definition) is 3. The molecule has 0 aliphatic rings. The first-order valence-electron chi connectivity index (χ1n) is 6.24. The summed E-state index contributed by atoms with van der Waals surface area (Å²) in [5.74, 6) is 1.47. The quantitative estimate of drug-likeness (QED) is 0.502. The molecule has 0 fully saturated rings. The molecule has 0 unspecified atom stereocenters. The van der Waals surface area contributed by atoms with Gasteiger partial charge >= 0.3 is 0 Å². The molecule has 2 aromatic heterocycles. The standard InChI is InChI=1S/C17H12O2S/c18-15(17-7-4-12-20-17)10-8-14-9-11-16(19-14)13-5-2-1-3-6-13/h1-12H. The number of furan rings is 1. The minimum absolute atomic E-state index is 0.00217. The molecule has 0 saturated carbocycles. The van der Waals surface area contributed by atoms with E-state index >= 15 is 0 Å². The summed E-state index contributed by atoms with van der Waals surface area (Å²) in [5, 5.41) is 1.89. The molecule has 0 amide bonds. The molecule has 20 heavy (non-hydrogen) atoms. The smallest absolute Gasteiger partial charge is 0.195 e. The van der Waals surface area contributed by atoms with Crippen LogP contribution in [0.1, 0.15) is 15.4 Å². The molecule has 0 bridgehead atoms. The van der Waals surface area contributed by atoms with Crippen molar-refractivity contribution >= 4 is 23.2 Å². The molecule has 2 nitrogen and oxygen atoms in total. The molecule has 1 aromatic carbocycles. The van der Waals surface area contributed by atoms with E-state index < -0.39 is 0 Å². The van der Waals surface area contributed by atoms with Crippen molar-refractivity contribution < 1.29 is 9.21 Å². The average Bonchev–Trinajstić information content (AvgIpc) is 3.17. The molecule has 0 radical (unpaired) electrons. The second-order valence-corrected chi connectivity index (χ2v) is 5.19. The zero-order valence-corrected chi connectivity index (χ0v) is 11.5. The summed E-state index contributed by atoms with van der Waals surface area (Å²) < 4.78 is 5.70. The van der Waals surface area contributed by atoms with Gasteiger partial charge in [0, 0.05) is 5.56 Å². The van der Waals surface area contributed by atoms with Crippen LogP contribution in [-0.2, 0) is 0 Å². The van der Waals surface area contributed by atoms with Gasteiger partial charge in [-0.3, -0.25) is 4.79 Å². The number of benzene rings is 1. The van der Waals surface area contributed by atoms with Gasteiger partial charge in [0.25, 0.3) is 0 Å². The van der Waals surface area contributed by atoms with Crippen molar-refractivity contribution in [3.05, 3.63) is 76.7 Å². The molecule has 3 rings (SSSR count). The maximum absolute atomic E-state index is 11.8. The van der Waals surface area contributed by atoms with Crippen molar-refractivity contribution in [1.29, 1.82) is 0 Å². The maximum atomic E-state index is 11.8. The van der Waals surface area contributed by atoms with E-state index in [4.69, 9.17) is 4.42 Å². The molecule has 0 saturated heterocycles. The van der Waals surface area contributed by atoms with Crippen LogP contribution in [0, 0.1) is 0 Å². The number of carbonyl (C=O) groups is 1. The van der Waals surface area contributed by atoms with Crippen LogP contribution in [0.25, 0.3) is 17.4 Å². The Bertz CT molecular complexity index is 721. The molecular formula is C17H12O2S. The van der Waals surface area contributed by atoms with E-state index in [1.165, 1.54) is 11.3 Å². The lowest BCUT2D eigenvalue weighted by atomic mass is 10.2. The molecule has 0 aliphatic heterocycles. The van der Waals surface area contributed by atoms with Crippen molar-refractivity contribution in [1.82, 2.24) is 0 Å². The van der Waals surface area contributed by atoms with E-state index in [1.807, 2.05) is 60.0 Å². The van der Waals surface area contributed by atoms with Gasteiger partial charge in [0.15, 0.2) is 5.78 Å². The summed E-state index contributed by atoms with van der Waals surface area (Å²) in [6, 6.07) is 17.3.